The second kappa shape index (κ2) is 9.55. The molecule has 1 aromatic carbocycles. The molecule has 2 aromatic heterocycles. The molecule has 0 spiro atoms. The van der Waals surface area contributed by atoms with Gasteiger partial charge in [0.1, 0.15) is 5.75 Å². The van der Waals surface area contributed by atoms with Crippen LogP contribution in [0.25, 0.3) is 11.3 Å². The van der Waals surface area contributed by atoms with Gasteiger partial charge in [0.15, 0.2) is 6.61 Å². The molecule has 3 aromatic rings. The summed E-state index contributed by atoms with van der Waals surface area (Å²) in [6.45, 7) is 2.25. The Morgan fingerprint density at radius 1 is 1.06 bits per heavy atom. The molecule has 1 amide bonds. The summed E-state index contributed by atoms with van der Waals surface area (Å²) in [7, 11) is 0. The minimum Gasteiger partial charge on any atom is -0.483 e. The van der Waals surface area contributed by atoms with Gasteiger partial charge in [-0.2, -0.15) is 13.2 Å². The van der Waals surface area contributed by atoms with Crippen molar-refractivity contribution in [3.05, 3.63) is 71.9 Å². The lowest BCUT2D eigenvalue weighted by atomic mass is 10.1. The molecule has 9 heteroatoms. The number of pyridine rings is 1. The number of benzene rings is 1. The van der Waals surface area contributed by atoms with Crippen LogP contribution in [-0.4, -0.2) is 33.6 Å². The van der Waals surface area contributed by atoms with Gasteiger partial charge in [0.2, 0.25) is 5.91 Å². The van der Waals surface area contributed by atoms with Crippen molar-refractivity contribution < 1.29 is 22.7 Å². The van der Waals surface area contributed by atoms with Crippen molar-refractivity contribution in [3.8, 4) is 17.0 Å². The normalized spacial score (nSPS) is 12.3. The Kier molecular flexibility index (Phi) is 6.84. The van der Waals surface area contributed by atoms with Gasteiger partial charge in [0, 0.05) is 18.0 Å². The van der Waals surface area contributed by atoms with Crippen LogP contribution in [0.3, 0.4) is 0 Å². The number of alkyl halides is 3. The van der Waals surface area contributed by atoms with Gasteiger partial charge >= 0.3 is 6.18 Å². The zero-order valence-corrected chi connectivity index (χ0v) is 17.0. The molecule has 1 unspecified atom stereocenters. The van der Waals surface area contributed by atoms with E-state index in [2.05, 4.69) is 25.0 Å². The van der Waals surface area contributed by atoms with Crippen molar-refractivity contribution in [3.63, 3.8) is 0 Å². The maximum atomic E-state index is 12.4. The number of halogens is 3. The molecule has 0 aliphatic heterocycles. The minimum absolute atomic E-state index is 0.0121. The van der Waals surface area contributed by atoms with E-state index in [9.17, 15) is 18.0 Å². The number of hydrogen-bond donors (Lipinski definition) is 1. The number of nitrogens with one attached hydrogen (secondary N) is 1. The van der Waals surface area contributed by atoms with Crippen LogP contribution < -0.4 is 10.1 Å². The SMILES string of the molecule is Cc1nccnc1-c1ccc(CC(=O)NC(C)c2ccc(OCC(F)(F)F)cn2)cc1. The van der Waals surface area contributed by atoms with Crippen LogP contribution in [-0.2, 0) is 11.2 Å². The van der Waals surface area contributed by atoms with E-state index in [-0.39, 0.29) is 18.1 Å². The molecule has 0 aliphatic carbocycles. The molecule has 0 radical (unpaired) electrons. The summed E-state index contributed by atoms with van der Waals surface area (Å²) in [5, 5.41) is 2.83. The third kappa shape index (κ3) is 6.50. The van der Waals surface area contributed by atoms with Crippen LogP contribution in [0.15, 0.2) is 55.0 Å². The highest BCUT2D eigenvalue weighted by molar-refractivity contribution is 5.79. The third-order valence-electron chi connectivity index (χ3n) is 4.46. The zero-order chi connectivity index (χ0) is 22.4. The largest absolute Gasteiger partial charge is 0.483 e. The summed E-state index contributed by atoms with van der Waals surface area (Å²) in [6.07, 6.45) is 0.240. The van der Waals surface area contributed by atoms with Crippen LogP contribution in [0.1, 0.15) is 29.9 Å². The molecule has 0 bridgehead atoms. The molecule has 0 fully saturated rings. The Hall–Kier alpha value is -3.49. The summed E-state index contributed by atoms with van der Waals surface area (Å²) >= 11 is 0. The van der Waals surface area contributed by atoms with Gasteiger partial charge in [-0.25, -0.2) is 0 Å². The number of rotatable bonds is 7. The topological polar surface area (TPSA) is 77.0 Å². The molecular weight excluding hydrogens is 409 g/mol. The first-order valence-electron chi connectivity index (χ1n) is 9.53. The average Bonchev–Trinajstić information content (AvgIpc) is 2.73. The number of carbonyl (C=O) groups is 1. The molecule has 1 atom stereocenters. The van der Waals surface area contributed by atoms with Gasteiger partial charge in [0.25, 0.3) is 0 Å². The van der Waals surface area contributed by atoms with E-state index in [1.54, 1.807) is 19.3 Å². The highest BCUT2D eigenvalue weighted by Crippen LogP contribution is 2.21. The molecule has 0 saturated heterocycles. The van der Waals surface area contributed by atoms with E-state index < -0.39 is 18.8 Å². The number of amides is 1. The molecular formula is C22H21F3N4O2. The van der Waals surface area contributed by atoms with Gasteiger partial charge in [-0.05, 0) is 31.5 Å². The van der Waals surface area contributed by atoms with Crippen molar-refractivity contribution in [2.45, 2.75) is 32.5 Å². The first-order valence-corrected chi connectivity index (χ1v) is 9.53. The smallest absolute Gasteiger partial charge is 0.422 e. The minimum atomic E-state index is -4.41. The lowest BCUT2D eigenvalue weighted by Crippen LogP contribution is -2.28. The monoisotopic (exact) mass is 430 g/mol. The summed E-state index contributed by atoms with van der Waals surface area (Å²) < 4.78 is 41.2. The Morgan fingerprint density at radius 2 is 1.77 bits per heavy atom. The maximum absolute atomic E-state index is 12.4. The highest BCUT2D eigenvalue weighted by Gasteiger charge is 2.28. The third-order valence-corrected chi connectivity index (χ3v) is 4.46. The van der Waals surface area contributed by atoms with E-state index in [4.69, 9.17) is 0 Å². The maximum Gasteiger partial charge on any atom is 0.422 e. The summed E-state index contributed by atoms with van der Waals surface area (Å²) in [5.74, 6) is -0.187. The fourth-order valence-corrected chi connectivity index (χ4v) is 2.92. The van der Waals surface area contributed by atoms with Crippen LogP contribution in [0, 0.1) is 6.92 Å². The summed E-state index contributed by atoms with van der Waals surface area (Å²) in [6, 6.07) is 10.0. The first kappa shape index (κ1) is 22.2. The predicted molar refractivity (Wildman–Crippen MR) is 108 cm³/mol. The van der Waals surface area contributed by atoms with E-state index >= 15 is 0 Å². The zero-order valence-electron chi connectivity index (χ0n) is 17.0. The summed E-state index contributed by atoms with van der Waals surface area (Å²) in [4.78, 5) is 25.0. The number of carbonyl (C=O) groups excluding carboxylic acids is 1. The molecule has 31 heavy (non-hydrogen) atoms. The van der Waals surface area contributed by atoms with Gasteiger partial charge in [-0.15, -0.1) is 0 Å². The average molecular weight is 430 g/mol. The van der Waals surface area contributed by atoms with Crippen LogP contribution >= 0.6 is 0 Å². The standard InChI is InChI=1S/C22H21F3N4O2/c1-14(19-8-7-18(12-28-19)31-13-22(23,24)25)29-20(30)11-16-3-5-17(6-4-16)21-15(2)26-9-10-27-21/h3-10,12,14H,11,13H2,1-2H3,(H,29,30). The number of nitrogens with zero attached hydrogens (tertiary/aromatic N) is 3. The lowest BCUT2D eigenvalue weighted by Gasteiger charge is -2.14. The highest BCUT2D eigenvalue weighted by atomic mass is 19.4. The van der Waals surface area contributed by atoms with Crippen molar-refractivity contribution in [1.82, 2.24) is 20.3 Å². The van der Waals surface area contributed by atoms with Gasteiger partial charge in [-0.3, -0.25) is 19.7 Å². The number of aryl methyl sites for hydroxylation is 1. The number of aromatic nitrogens is 3. The second-order valence-electron chi connectivity index (χ2n) is 6.98. The Balaban J connectivity index is 1.55. The van der Waals surface area contributed by atoms with Gasteiger partial charge < -0.3 is 10.1 Å². The molecule has 2 heterocycles. The van der Waals surface area contributed by atoms with Crippen LogP contribution in [0.2, 0.25) is 0 Å². The van der Waals surface area contributed by atoms with Gasteiger partial charge in [0.05, 0.1) is 35.7 Å². The van der Waals surface area contributed by atoms with Crippen molar-refractivity contribution >= 4 is 5.91 Å². The lowest BCUT2D eigenvalue weighted by molar-refractivity contribution is -0.153. The van der Waals surface area contributed by atoms with Crippen LogP contribution in [0.4, 0.5) is 13.2 Å². The Bertz CT molecular complexity index is 1020. The van der Waals surface area contributed by atoms with Crippen LogP contribution in [0.5, 0.6) is 5.75 Å². The van der Waals surface area contributed by atoms with E-state index in [1.165, 1.54) is 18.3 Å². The predicted octanol–water partition coefficient (Wildman–Crippen LogP) is 4.21. The summed E-state index contributed by atoms with van der Waals surface area (Å²) in [5.41, 5.74) is 3.88. The second-order valence-corrected chi connectivity index (χ2v) is 6.98. The molecule has 162 valence electrons. The fourth-order valence-electron chi connectivity index (χ4n) is 2.92. The number of ether oxygens (including phenoxy) is 1. The molecule has 6 nitrogen and oxygen atoms in total. The fraction of sp³-hybridized carbons (Fsp3) is 0.273. The van der Waals surface area contributed by atoms with Crippen molar-refractivity contribution in [1.29, 1.82) is 0 Å². The van der Waals surface area contributed by atoms with Gasteiger partial charge in [-0.1, -0.05) is 24.3 Å². The molecule has 1 N–H and O–H groups in total. The van der Waals surface area contributed by atoms with E-state index in [0.29, 0.717) is 5.69 Å². The molecule has 0 aliphatic rings. The molecule has 0 saturated carbocycles. The Morgan fingerprint density at radius 3 is 2.39 bits per heavy atom. The Labute approximate surface area is 177 Å². The number of hydrogen-bond acceptors (Lipinski definition) is 5. The molecule has 3 rings (SSSR count). The van der Waals surface area contributed by atoms with E-state index in [1.807, 2.05) is 31.2 Å². The first-order chi connectivity index (χ1) is 14.7. The van der Waals surface area contributed by atoms with E-state index in [0.717, 1.165) is 22.5 Å². The van der Waals surface area contributed by atoms with Crippen molar-refractivity contribution in [2.75, 3.05) is 6.61 Å². The quantitative estimate of drug-likeness (QED) is 0.608. The van der Waals surface area contributed by atoms with Crippen molar-refractivity contribution in [2.24, 2.45) is 0 Å².